The van der Waals surface area contributed by atoms with Gasteiger partial charge in [0.2, 0.25) is 5.91 Å². The van der Waals surface area contributed by atoms with Gasteiger partial charge in [-0.1, -0.05) is 41.4 Å². The SMILES string of the molecule is Cc1cc(-c2ccccc2S(C)(=O)=O)c(C(N)=O)c(Cl)c1-c1cc(Cl)ccc1C(N)=O. The lowest BCUT2D eigenvalue weighted by atomic mass is 9.89. The summed E-state index contributed by atoms with van der Waals surface area (Å²) >= 11 is 12.8. The number of amides is 2. The lowest BCUT2D eigenvalue weighted by Gasteiger charge is -2.19. The lowest BCUT2D eigenvalue weighted by Crippen LogP contribution is -2.16. The molecule has 0 aliphatic rings. The molecule has 0 radical (unpaired) electrons. The van der Waals surface area contributed by atoms with Gasteiger partial charge in [0.1, 0.15) is 0 Å². The standard InChI is InChI=1S/C22H18Cl2N2O4S/c1-11-9-15(13-5-3-4-6-17(13)31(2,29)30)19(22(26)28)20(24)18(11)16-10-12(23)7-8-14(16)21(25)27/h3-10H,1-2H3,(H2,25,27)(H2,26,28). The van der Waals surface area contributed by atoms with E-state index in [1.807, 2.05) is 0 Å². The predicted octanol–water partition coefficient (Wildman–Crippen LogP) is 4.24. The Morgan fingerprint density at radius 3 is 2.10 bits per heavy atom. The molecule has 9 heteroatoms. The summed E-state index contributed by atoms with van der Waals surface area (Å²) in [5, 5.41) is 0.304. The van der Waals surface area contributed by atoms with Gasteiger partial charge >= 0.3 is 0 Å². The molecule has 0 fully saturated rings. The number of benzene rings is 3. The topological polar surface area (TPSA) is 120 Å². The zero-order chi connectivity index (χ0) is 23.1. The summed E-state index contributed by atoms with van der Waals surface area (Å²) in [7, 11) is -3.61. The van der Waals surface area contributed by atoms with Gasteiger partial charge in [0, 0.05) is 28.0 Å². The van der Waals surface area contributed by atoms with Gasteiger partial charge in [-0.3, -0.25) is 9.59 Å². The van der Waals surface area contributed by atoms with Crippen molar-refractivity contribution >= 4 is 44.9 Å². The van der Waals surface area contributed by atoms with Crippen LogP contribution in [0.25, 0.3) is 22.3 Å². The average Bonchev–Trinajstić information content (AvgIpc) is 2.66. The number of hydrogen-bond donors (Lipinski definition) is 2. The molecule has 0 aliphatic carbocycles. The van der Waals surface area contributed by atoms with Crippen LogP contribution in [0.4, 0.5) is 0 Å². The largest absolute Gasteiger partial charge is 0.366 e. The monoisotopic (exact) mass is 476 g/mol. The van der Waals surface area contributed by atoms with Crippen LogP contribution in [0.15, 0.2) is 53.4 Å². The number of hydrogen-bond acceptors (Lipinski definition) is 4. The first-order chi connectivity index (χ1) is 14.4. The zero-order valence-corrected chi connectivity index (χ0v) is 18.9. The van der Waals surface area contributed by atoms with Gasteiger partial charge in [0.15, 0.2) is 9.84 Å². The summed E-state index contributed by atoms with van der Waals surface area (Å²) in [6, 6.07) is 12.3. The number of rotatable bonds is 5. The summed E-state index contributed by atoms with van der Waals surface area (Å²) in [5.41, 5.74) is 13.1. The summed E-state index contributed by atoms with van der Waals surface area (Å²) in [4.78, 5) is 24.4. The van der Waals surface area contributed by atoms with Crippen molar-refractivity contribution in [3.63, 3.8) is 0 Å². The van der Waals surface area contributed by atoms with Gasteiger partial charge in [-0.2, -0.15) is 0 Å². The molecule has 0 bridgehead atoms. The van der Waals surface area contributed by atoms with Gasteiger partial charge in [-0.05, 0) is 53.9 Å². The molecule has 3 rings (SSSR count). The highest BCUT2D eigenvalue weighted by molar-refractivity contribution is 7.90. The number of nitrogens with two attached hydrogens (primary N) is 2. The third-order valence-electron chi connectivity index (χ3n) is 4.80. The van der Waals surface area contributed by atoms with Crippen molar-refractivity contribution < 1.29 is 18.0 Å². The number of halogens is 2. The number of carbonyl (C=O) groups is 2. The Labute approximate surface area is 189 Å². The Morgan fingerprint density at radius 2 is 1.52 bits per heavy atom. The van der Waals surface area contributed by atoms with E-state index in [9.17, 15) is 18.0 Å². The zero-order valence-electron chi connectivity index (χ0n) is 16.6. The molecular formula is C22H18Cl2N2O4S. The Balaban J connectivity index is 2.45. The molecular weight excluding hydrogens is 459 g/mol. The first-order valence-corrected chi connectivity index (χ1v) is 11.6. The molecule has 0 unspecified atom stereocenters. The second kappa shape index (κ2) is 8.34. The third-order valence-corrected chi connectivity index (χ3v) is 6.57. The molecule has 0 saturated heterocycles. The molecule has 0 atom stereocenters. The van der Waals surface area contributed by atoms with E-state index >= 15 is 0 Å². The third kappa shape index (κ3) is 4.30. The van der Waals surface area contributed by atoms with Crippen molar-refractivity contribution in [1.82, 2.24) is 0 Å². The van der Waals surface area contributed by atoms with Crippen molar-refractivity contribution in [2.75, 3.05) is 6.26 Å². The Hall–Kier alpha value is -2.87. The van der Waals surface area contributed by atoms with Crippen molar-refractivity contribution in [3.8, 4) is 22.3 Å². The molecule has 0 spiro atoms. The molecule has 31 heavy (non-hydrogen) atoms. The molecule has 0 heterocycles. The van der Waals surface area contributed by atoms with Gasteiger partial charge in [-0.25, -0.2) is 8.42 Å². The smallest absolute Gasteiger partial charge is 0.250 e. The molecule has 4 N–H and O–H groups in total. The van der Waals surface area contributed by atoms with Gasteiger partial charge in [0.25, 0.3) is 5.91 Å². The number of aryl methyl sites for hydroxylation is 1. The van der Waals surface area contributed by atoms with Crippen LogP contribution in [0.2, 0.25) is 10.0 Å². The second-order valence-corrected chi connectivity index (χ2v) is 9.79. The van der Waals surface area contributed by atoms with Crippen molar-refractivity contribution in [2.45, 2.75) is 11.8 Å². The summed E-state index contributed by atoms with van der Waals surface area (Å²) in [6.07, 6.45) is 1.07. The first kappa shape index (κ1) is 22.8. The highest BCUT2D eigenvalue weighted by Crippen LogP contribution is 2.42. The Kier molecular flexibility index (Phi) is 6.14. The molecule has 2 amide bonds. The minimum atomic E-state index is -3.61. The molecule has 6 nitrogen and oxygen atoms in total. The lowest BCUT2D eigenvalue weighted by molar-refractivity contribution is 0.0993. The van der Waals surface area contributed by atoms with E-state index in [1.165, 1.54) is 24.3 Å². The van der Waals surface area contributed by atoms with Crippen LogP contribution in [0.1, 0.15) is 26.3 Å². The van der Waals surface area contributed by atoms with E-state index in [0.29, 0.717) is 21.7 Å². The van der Waals surface area contributed by atoms with Crippen LogP contribution in [0.3, 0.4) is 0 Å². The maximum Gasteiger partial charge on any atom is 0.250 e. The highest BCUT2D eigenvalue weighted by Gasteiger charge is 2.25. The van der Waals surface area contributed by atoms with E-state index in [1.54, 1.807) is 31.2 Å². The Bertz CT molecular complexity index is 1350. The van der Waals surface area contributed by atoms with Crippen LogP contribution < -0.4 is 11.5 Å². The molecule has 0 aromatic heterocycles. The summed E-state index contributed by atoms with van der Waals surface area (Å²) in [6.45, 7) is 1.71. The van der Waals surface area contributed by atoms with Crippen LogP contribution in [0, 0.1) is 6.92 Å². The predicted molar refractivity (Wildman–Crippen MR) is 122 cm³/mol. The first-order valence-electron chi connectivity index (χ1n) is 8.95. The van der Waals surface area contributed by atoms with Crippen molar-refractivity contribution in [1.29, 1.82) is 0 Å². The highest BCUT2D eigenvalue weighted by atomic mass is 35.5. The number of sulfone groups is 1. The van der Waals surface area contributed by atoms with Gasteiger partial charge in [0.05, 0.1) is 15.5 Å². The van der Waals surface area contributed by atoms with E-state index in [-0.39, 0.29) is 32.2 Å². The maximum absolute atomic E-state index is 12.4. The van der Waals surface area contributed by atoms with Crippen molar-refractivity contribution in [3.05, 3.63) is 75.3 Å². The Morgan fingerprint density at radius 1 is 0.871 bits per heavy atom. The number of carbonyl (C=O) groups excluding carboxylic acids is 2. The fourth-order valence-electron chi connectivity index (χ4n) is 3.51. The molecule has 0 aliphatic heterocycles. The fourth-order valence-corrected chi connectivity index (χ4v) is 5.03. The summed E-state index contributed by atoms with van der Waals surface area (Å²) < 4.78 is 24.6. The maximum atomic E-state index is 12.4. The summed E-state index contributed by atoms with van der Waals surface area (Å²) in [5.74, 6) is -1.55. The van der Waals surface area contributed by atoms with Crippen LogP contribution in [-0.2, 0) is 9.84 Å². The normalized spacial score (nSPS) is 11.4. The minimum absolute atomic E-state index is 0.0290. The van der Waals surface area contributed by atoms with Crippen LogP contribution in [-0.4, -0.2) is 26.5 Å². The number of primary amides is 2. The van der Waals surface area contributed by atoms with Gasteiger partial charge in [-0.15, -0.1) is 0 Å². The molecule has 3 aromatic carbocycles. The average molecular weight is 477 g/mol. The van der Waals surface area contributed by atoms with E-state index in [2.05, 4.69) is 0 Å². The fraction of sp³-hybridized carbons (Fsp3) is 0.0909. The molecule has 160 valence electrons. The van der Waals surface area contributed by atoms with Crippen LogP contribution in [0.5, 0.6) is 0 Å². The van der Waals surface area contributed by atoms with Crippen molar-refractivity contribution in [2.24, 2.45) is 11.5 Å². The minimum Gasteiger partial charge on any atom is -0.366 e. The van der Waals surface area contributed by atoms with E-state index in [0.717, 1.165) is 6.26 Å². The quantitative estimate of drug-likeness (QED) is 0.571. The van der Waals surface area contributed by atoms with Crippen LogP contribution >= 0.6 is 23.2 Å². The van der Waals surface area contributed by atoms with Gasteiger partial charge < -0.3 is 11.5 Å². The van der Waals surface area contributed by atoms with E-state index in [4.69, 9.17) is 34.7 Å². The van der Waals surface area contributed by atoms with E-state index < -0.39 is 21.7 Å². The molecule has 3 aromatic rings. The molecule has 0 saturated carbocycles. The second-order valence-electron chi connectivity index (χ2n) is 6.99.